The van der Waals surface area contributed by atoms with E-state index in [0.717, 1.165) is 35.1 Å². The number of alkyl carbamates (subject to hydrolysis) is 1. The fourth-order valence-corrected chi connectivity index (χ4v) is 5.17. The molecule has 0 aromatic heterocycles. The van der Waals surface area contributed by atoms with Crippen LogP contribution in [0.1, 0.15) is 63.0 Å². The van der Waals surface area contributed by atoms with E-state index in [-0.39, 0.29) is 30.8 Å². The standard InChI is InChI=1S/C27H32N2O5/c1-17(2)23(15-24(30)31)28-25(32)27(13-7-8-14-27)29-26(33)34-16-22-20-11-5-3-9-18(20)19-10-4-6-12-21(19)22/h3-6,9-12,17,22-23H,7-8,13-16H2,1-2H3,(H,28,32)(H,29,33)(H,30,31). The van der Waals surface area contributed by atoms with E-state index in [9.17, 15) is 19.5 Å². The molecule has 0 saturated heterocycles. The summed E-state index contributed by atoms with van der Waals surface area (Å²) in [4.78, 5) is 37.3. The van der Waals surface area contributed by atoms with Crippen LogP contribution >= 0.6 is 0 Å². The third kappa shape index (κ3) is 4.79. The molecule has 7 heteroatoms. The van der Waals surface area contributed by atoms with Gasteiger partial charge < -0.3 is 20.5 Å². The van der Waals surface area contributed by atoms with Gasteiger partial charge in [0.25, 0.3) is 0 Å². The quantitative estimate of drug-likeness (QED) is 0.535. The van der Waals surface area contributed by atoms with Gasteiger partial charge in [-0.1, -0.05) is 75.2 Å². The largest absolute Gasteiger partial charge is 0.481 e. The van der Waals surface area contributed by atoms with Gasteiger partial charge in [-0.15, -0.1) is 0 Å². The number of hydrogen-bond acceptors (Lipinski definition) is 4. The Kier molecular flexibility index (Phi) is 6.91. The molecule has 1 fully saturated rings. The predicted octanol–water partition coefficient (Wildman–Crippen LogP) is 4.45. The Hall–Kier alpha value is -3.35. The number of ether oxygens (including phenoxy) is 1. The summed E-state index contributed by atoms with van der Waals surface area (Å²) in [5, 5.41) is 14.9. The number of fused-ring (bicyclic) bond motifs is 3. The lowest BCUT2D eigenvalue weighted by Gasteiger charge is -2.32. The monoisotopic (exact) mass is 464 g/mol. The maximum atomic E-state index is 13.2. The number of rotatable bonds is 8. The lowest BCUT2D eigenvalue weighted by molar-refractivity contribution is -0.138. The number of aliphatic carboxylic acids is 1. The van der Waals surface area contributed by atoms with Gasteiger partial charge in [-0.05, 0) is 41.0 Å². The summed E-state index contributed by atoms with van der Waals surface area (Å²) in [6.07, 6.45) is 1.83. The van der Waals surface area contributed by atoms with E-state index < -0.39 is 23.6 Å². The SMILES string of the molecule is CC(C)C(CC(=O)O)NC(=O)C1(NC(=O)OCC2c3ccccc3-c3ccccc32)CCCC1. The Morgan fingerprint density at radius 2 is 1.56 bits per heavy atom. The average Bonchev–Trinajstić information content (AvgIpc) is 3.40. The summed E-state index contributed by atoms with van der Waals surface area (Å²) in [7, 11) is 0. The number of carbonyl (C=O) groups excluding carboxylic acids is 2. The molecule has 4 rings (SSSR count). The first-order valence-electron chi connectivity index (χ1n) is 12.0. The van der Waals surface area contributed by atoms with Crippen LogP contribution in [0.3, 0.4) is 0 Å². The molecule has 1 saturated carbocycles. The van der Waals surface area contributed by atoms with Crippen molar-refractivity contribution in [1.82, 2.24) is 10.6 Å². The van der Waals surface area contributed by atoms with Crippen molar-refractivity contribution in [3.63, 3.8) is 0 Å². The minimum absolute atomic E-state index is 0.0482. The van der Waals surface area contributed by atoms with Gasteiger partial charge in [0.2, 0.25) is 5.91 Å². The molecule has 1 unspecified atom stereocenters. The molecule has 7 nitrogen and oxygen atoms in total. The topological polar surface area (TPSA) is 105 Å². The molecule has 34 heavy (non-hydrogen) atoms. The van der Waals surface area contributed by atoms with Crippen LogP contribution in [0.15, 0.2) is 48.5 Å². The average molecular weight is 465 g/mol. The van der Waals surface area contributed by atoms with Gasteiger partial charge in [0, 0.05) is 12.0 Å². The molecule has 0 heterocycles. The van der Waals surface area contributed by atoms with Gasteiger partial charge in [-0.2, -0.15) is 0 Å². The van der Waals surface area contributed by atoms with E-state index in [1.807, 2.05) is 38.1 Å². The molecule has 1 atom stereocenters. The first-order valence-corrected chi connectivity index (χ1v) is 12.0. The highest BCUT2D eigenvalue weighted by Crippen LogP contribution is 2.44. The lowest BCUT2D eigenvalue weighted by atomic mass is 9.93. The molecular weight excluding hydrogens is 432 g/mol. The number of carboxylic acid groups (broad SMARTS) is 1. The van der Waals surface area contributed by atoms with Crippen molar-refractivity contribution in [1.29, 1.82) is 0 Å². The zero-order chi connectivity index (χ0) is 24.3. The fraction of sp³-hybridized carbons (Fsp3) is 0.444. The van der Waals surface area contributed by atoms with Gasteiger partial charge in [0.05, 0.1) is 6.42 Å². The summed E-state index contributed by atoms with van der Waals surface area (Å²) < 4.78 is 5.67. The van der Waals surface area contributed by atoms with Crippen LogP contribution in [0.25, 0.3) is 11.1 Å². The second kappa shape index (κ2) is 9.87. The summed E-state index contributed by atoms with van der Waals surface area (Å²) in [6, 6.07) is 15.7. The number of carbonyl (C=O) groups is 3. The van der Waals surface area contributed by atoms with Crippen molar-refractivity contribution >= 4 is 18.0 Å². The number of nitrogens with one attached hydrogen (secondary N) is 2. The zero-order valence-corrected chi connectivity index (χ0v) is 19.7. The number of amides is 2. The van der Waals surface area contributed by atoms with Crippen molar-refractivity contribution in [3.05, 3.63) is 59.7 Å². The Balaban J connectivity index is 1.44. The van der Waals surface area contributed by atoms with Gasteiger partial charge >= 0.3 is 12.1 Å². The molecule has 2 aromatic rings. The van der Waals surface area contributed by atoms with E-state index >= 15 is 0 Å². The third-order valence-corrected chi connectivity index (χ3v) is 7.09. The fourth-order valence-electron chi connectivity index (χ4n) is 5.17. The molecule has 0 aliphatic heterocycles. The summed E-state index contributed by atoms with van der Waals surface area (Å²) in [5.74, 6) is -1.41. The Morgan fingerprint density at radius 3 is 2.09 bits per heavy atom. The minimum Gasteiger partial charge on any atom is -0.481 e. The van der Waals surface area contributed by atoms with Crippen LogP contribution in [0, 0.1) is 5.92 Å². The Morgan fingerprint density at radius 1 is 1.00 bits per heavy atom. The molecule has 0 bridgehead atoms. The van der Waals surface area contributed by atoms with Crippen LogP contribution < -0.4 is 10.6 Å². The summed E-state index contributed by atoms with van der Waals surface area (Å²) in [6.45, 7) is 3.91. The van der Waals surface area contributed by atoms with E-state index in [0.29, 0.717) is 12.8 Å². The van der Waals surface area contributed by atoms with E-state index in [1.165, 1.54) is 0 Å². The van der Waals surface area contributed by atoms with Crippen molar-refractivity contribution in [2.45, 2.75) is 63.5 Å². The van der Waals surface area contributed by atoms with Crippen molar-refractivity contribution in [2.24, 2.45) is 5.92 Å². The third-order valence-electron chi connectivity index (χ3n) is 7.09. The first-order chi connectivity index (χ1) is 16.3. The number of carboxylic acids is 1. The predicted molar refractivity (Wildman–Crippen MR) is 128 cm³/mol. The summed E-state index contributed by atoms with van der Waals surface area (Å²) >= 11 is 0. The van der Waals surface area contributed by atoms with Crippen molar-refractivity contribution < 1.29 is 24.2 Å². The minimum atomic E-state index is -1.08. The highest BCUT2D eigenvalue weighted by molar-refractivity contribution is 5.91. The van der Waals surface area contributed by atoms with E-state index in [4.69, 9.17) is 4.74 Å². The molecule has 2 aromatic carbocycles. The highest BCUT2D eigenvalue weighted by Gasteiger charge is 2.44. The number of hydrogen-bond donors (Lipinski definition) is 3. The molecule has 2 aliphatic carbocycles. The normalized spacial score (nSPS) is 17.0. The van der Waals surface area contributed by atoms with Gasteiger partial charge in [-0.3, -0.25) is 9.59 Å². The van der Waals surface area contributed by atoms with Crippen LogP contribution in [0.4, 0.5) is 4.79 Å². The van der Waals surface area contributed by atoms with E-state index in [2.05, 4.69) is 34.9 Å². The van der Waals surface area contributed by atoms with E-state index in [1.54, 1.807) is 0 Å². The smallest absolute Gasteiger partial charge is 0.408 e. The maximum absolute atomic E-state index is 13.2. The highest BCUT2D eigenvalue weighted by atomic mass is 16.5. The van der Waals surface area contributed by atoms with Crippen LogP contribution in [-0.4, -0.2) is 41.3 Å². The second-order valence-corrected chi connectivity index (χ2v) is 9.66. The first kappa shape index (κ1) is 23.8. The maximum Gasteiger partial charge on any atom is 0.408 e. The van der Waals surface area contributed by atoms with Crippen LogP contribution in [0.2, 0.25) is 0 Å². The zero-order valence-electron chi connectivity index (χ0n) is 19.7. The van der Waals surface area contributed by atoms with Gasteiger partial charge in [0.1, 0.15) is 12.1 Å². The molecule has 3 N–H and O–H groups in total. The molecule has 180 valence electrons. The molecule has 2 aliphatic rings. The van der Waals surface area contributed by atoms with Gasteiger partial charge in [-0.25, -0.2) is 4.79 Å². The van der Waals surface area contributed by atoms with Crippen molar-refractivity contribution in [3.8, 4) is 11.1 Å². The molecule has 0 radical (unpaired) electrons. The molecular formula is C27H32N2O5. The number of benzene rings is 2. The molecule has 2 amide bonds. The molecule has 0 spiro atoms. The Labute approximate surface area is 199 Å². The van der Waals surface area contributed by atoms with Gasteiger partial charge in [0.15, 0.2) is 0 Å². The van der Waals surface area contributed by atoms with Crippen molar-refractivity contribution in [2.75, 3.05) is 6.61 Å². The Bertz CT molecular complexity index is 1030. The lowest BCUT2D eigenvalue weighted by Crippen LogP contribution is -2.59. The summed E-state index contributed by atoms with van der Waals surface area (Å²) in [5.41, 5.74) is 3.47. The van der Waals surface area contributed by atoms with Crippen LogP contribution in [-0.2, 0) is 14.3 Å². The second-order valence-electron chi connectivity index (χ2n) is 9.66. The van der Waals surface area contributed by atoms with Crippen LogP contribution in [0.5, 0.6) is 0 Å².